The molecule has 80 valence electrons. The summed E-state index contributed by atoms with van der Waals surface area (Å²) in [6.07, 6.45) is -0.562. The third-order valence-corrected chi connectivity index (χ3v) is 2.22. The minimum Gasteiger partial charge on any atom is -0.368 e. The fourth-order valence-corrected chi connectivity index (χ4v) is 1.54. The Morgan fingerprint density at radius 1 is 1.57 bits per heavy atom. The van der Waals surface area contributed by atoms with E-state index in [1.807, 2.05) is 0 Å². The van der Waals surface area contributed by atoms with Crippen molar-refractivity contribution in [3.8, 4) is 0 Å². The van der Waals surface area contributed by atoms with E-state index in [1.54, 1.807) is 6.92 Å². The molecule has 1 fully saturated rings. The van der Waals surface area contributed by atoms with Crippen molar-refractivity contribution < 1.29 is 18.4 Å². The van der Waals surface area contributed by atoms with Crippen molar-refractivity contribution in [2.75, 3.05) is 6.54 Å². The highest BCUT2D eigenvalue weighted by Crippen LogP contribution is 2.32. The largest absolute Gasteiger partial charge is 0.368 e. The second kappa shape index (κ2) is 3.51. The number of carbonyl (C=O) groups excluding carboxylic acids is 2. The lowest BCUT2D eigenvalue weighted by atomic mass is 10.2. The van der Waals surface area contributed by atoms with Crippen molar-refractivity contribution >= 4 is 11.8 Å². The molecule has 1 rings (SSSR count). The highest BCUT2D eigenvalue weighted by atomic mass is 19.3. The number of rotatable bonds is 2. The molecule has 1 atom stereocenters. The van der Waals surface area contributed by atoms with Crippen molar-refractivity contribution in [3.63, 3.8) is 0 Å². The van der Waals surface area contributed by atoms with Crippen molar-refractivity contribution in [2.45, 2.75) is 31.7 Å². The Morgan fingerprint density at radius 3 is 2.57 bits per heavy atom. The minimum absolute atomic E-state index is 0.0971. The minimum atomic E-state index is -3.00. The number of hydrogen-bond donors (Lipinski definition) is 1. The summed E-state index contributed by atoms with van der Waals surface area (Å²) >= 11 is 0. The first-order chi connectivity index (χ1) is 6.37. The van der Waals surface area contributed by atoms with E-state index in [4.69, 9.17) is 5.73 Å². The van der Waals surface area contributed by atoms with Gasteiger partial charge in [0.2, 0.25) is 11.8 Å². The fourth-order valence-electron chi connectivity index (χ4n) is 1.54. The summed E-state index contributed by atoms with van der Waals surface area (Å²) < 4.78 is 25.8. The van der Waals surface area contributed by atoms with Gasteiger partial charge in [-0.1, -0.05) is 6.92 Å². The molecule has 0 aromatic rings. The summed E-state index contributed by atoms with van der Waals surface area (Å²) in [5.74, 6) is -4.33. The summed E-state index contributed by atoms with van der Waals surface area (Å²) in [5, 5.41) is 0. The maximum atomic E-state index is 12.9. The number of likely N-dealkylation sites (tertiary alicyclic amines) is 1. The van der Waals surface area contributed by atoms with Gasteiger partial charge in [-0.05, 0) is 0 Å². The summed E-state index contributed by atoms with van der Waals surface area (Å²) in [5.41, 5.74) is 4.94. The molecule has 0 bridgehead atoms. The van der Waals surface area contributed by atoms with Gasteiger partial charge in [-0.2, -0.15) is 0 Å². The van der Waals surface area contributed by atoms with E-state index in [1.165, 1.54) is 0 Å². The number of hydrogen-bond acceptors (Lipinski definition) is 2. The average molecular weight is 206 g/mol. The van der Waals surface area contributed by atoms with Crippen LogP contribution in [0, 0.1) is 0 Å². The summed E-state index contributed by atoms with van der Waals surface area (Å²) in [7, 11) is 0. The quantitative estimate of drug-likeness (QED) is 0.697. The van der Waals surface area contributed by atoms with E-state index >= 15 is 0 Å². The molecular weight excluding hydrogens is 194 g/mol. The Hall–Kier alpha value is -1.20. The zero-order chi connectivity index (χ0) is 10.9. The second-order valence-corrected chi connectivity index (χ2v) is 3.35. The molecule has 2 amide bonds. The molecule has 1 aliphatic heterocycles. The zero-order valence-corrected chi connectivity index (χ0v) is 7.80. The molecule has 0 aromatic heterocycles. The molecule has 1 saturated heterocycles. The van der Waals surface area contributed by atoms with E-state index in [9.17, 15) is 18.4 Å². The molecule has 4 nitrogen and oxygen atoms in total. The SMILES string of the molecule is CCC(=O)N1CC(F)(F)C[C@H]1C(N)=O. The van der Waals surface area contributed by atoms with E-state index in [2.05, 4.69) is 0 Å². The number of carbonyl (C=O) groups is 2. The van der Waals surface area contributed by atoms with E-state index < -0.39 is 36.7 Å². The van der Waals surface area contributed by atoms with Gasteiger partial charge in [-0.3, -0.25) is 9.59 Å². The smallest absolute Gasteiger partial charge is 0.267 e. The first-order valence-corrected chi connectivity index (χ1v) is 4.34. The topological polar surface area (TPSA) is 63.4 Å². The van der Waals surface area contributed by atoms with Crippen LogP contribution in [0.15, 0.2) is 0 Å². The maximum absolute atomic E-state index is 12.9. The van der Waals surface area contributed by atoms with Crippen LogP contribution in [0.3, 0.4) is 0 Å². The molecule has 1 aliphatic rings. The Balaban J connectivity index is 2.83. The van der Waals surface area contributed by atoms with Crippen LogP contribution in [0.25, 0.3) is 0 Å². The van der Waals surface area contributed by atoms with E-state index in [0.29, 0.717) is 0 Å². The van der Waals surface area contributed by atoms with E-state index in [0.717, 1.165) is 4.90 Å². The Morgan fingerprint density at radius 2 is 2.14 bits per heavy atom. The number of alkyl halides is 2. The number of halogens is 2. The molecule has 6 heteroatoms. The van der Waals surface area contributed by atoms with Gasteiger partial charge in [0.25, 0.3) is 5.92 Å². The van der Waals surface area contributed by atoms with Crippen LogP contribution in [0.1, 0.15) is 19.8 Å². The number of nitrogens with two attached hydrogens (primary N) is 1. The first-order valence-electron chi connectivity index (χ1n) is 4.34. The number of amides is 2. The van der Waals surface area contributed by atoms with Gasteiger partial charge in [0.15, 0.2) is 0 Å². The number of nitrogens with zero attached hydrogens (tertiary/aromatic N) is 1. The molecule has 0 unspecified atom stereocenters. The van der Waals surface area contributed by atoms with Crippen LogP contribution in [-0.4, -0.2) is 35.2 Å². The average Bonchev–Trinajstić information content (AvgIpc) is 2.40. The van der Waals surface area contributed by atoms with Crippen molar-refractivity contribution in [1.29, 1.82) is 0 Å². The standard InChI is InChI=1S/C8H12F2N2O2/c1-2-6(13)12-4-8(9,10)3-5(12)7(11)14/h5H,2-4H2,1H3,(H2,11,14)/t5-/m0/s1. The van der Waals surface area contributed by atoms with Crippen LogP contribution in [0.5, 0.6) is 0 Å². The Bertz CT molecular complexity index is 268. The monoisotopic (exact) mass is 206 g/mol. The third kappa shape index (κ3) is 2.00. The first kappa shape index (κ1) is 10.9. The van der Waals surface area contributed by atoms with Crippen LogP contribution >= 0.6 is 0 Å². The third-order valence-electron chi connectivity index (χ3n) is 2.22. The molecule has 0 radical (unpaired) electrons. The van der Waals surface area contributed by atoms with Crippen molar-refractivity contribution in [3.05, 3.63) is 0 Å². The predicted molar refractivity (Wildman–Crippen MR) is 44.6 cm³/mol. The zero-order valence-electron chi connectivity index (χ0n) is 7.80. The fraction of sp³-hybridized carbons (Fsp3) is 0.750. The molecular formula is C8H12F2N2O2. The van der Waals surface area contributed by atoms with Gasteiger partial charge in [0, 0.05) is 12.8 Å². The van der Waals surface area contributed by atoms with Gasteiger partial charge in [-0.25, -0.2) is 8.78 Å². The highest BCUT2D eigenvalue weighted by molar-refractivity contribution is 5.87. The van der Waals surface area contributed by atoms with Gasteiger partial charge in [-0.15, -0.1) is 0 Å². The Kier molecular flexibility index (Phi) is 2.73. The molecule has 0 saturated carbocycles. The Labute approximate surface area is 80.0 Å². The molecule has 2 N–H and O–H groups in total. The van der Waals surface area contributed by atoms with Crippen LogP contribution in [0.4, 0.5) is 8.78 Å². The molecule has 14 heavy (non-hydrogen) atoms. The van der Waals surface area contributed by atoms with Gasteiger partial charge in [0.05, 0.1) is 6.54 Å². The second-order valence-electron chi connectivity index (χ2n) is 3.35. The summed E-state index contributed by atoms with van der Waals surface area (Å²) in [4.78, 5) is 22.9. The predicted octanol–water partition coefficient (Wildman–Crippen LogP) is 0.118. The van der Waals surface area contributed by atoms with Crippen LogP contribution in [-0.2, 0) is 9.59 Å². The van der Waals surface area contributed by atoms with Gasteiger partial charge < -0.3 is 10.6 Å². The van der Waals surface area contributed by atoms with Crippen LogP contribution < -0.4 is 5.73 Å². The normalized spacial score (nSPS) is 25.1. The van der Waals surface area contributed by atoms with Crippen molar-refractivity contribution in [1.82, 2.24) is 4.90 Å². The lowest BCUT2D eigenvalue weighted by Gasteiger charge is -2.20. The molecule has 0 aliphatic carbocycles. The van der Waals surface area contributed by atoms with Crippen molar-refractivity contribution in [2.24, 2.45) is 5.73 Å². The summed E-state index contributed by atoms with van der Waals surface area (Å²) in [6, 6.07) is -1.16. The van der Waals surface area contributed by atoms with Gasteiger partial charge >= 0.3 is 0 Å². The lowest BCUT2D eigenvalue weighted by Crippen LogP contribution is -2.43. The summed E-state index contributed by atoms with van der Waals surface area (Å²) in [6.45, 7) is 0.851. The van der Waals surface area contributed by atoms with Gasteiger partial charge in [0.1, 0.15) is 6.04 Å². The maximum Gasteiger partial charge on any atom is 0.267 e. The molecule has 0 aromatic carbocycles. The number of primary amides is 1. The lowest BCUT2D eigenvalue weighted by molar-refractivity contribution is -0.137. The van der Waals surface area contributed by atoms with E-state index in [-0.39, 0.29) is 6.42 Å². The van der Waals surface area contributed by atoms with Crippen LogP contribution in [0.2, 0.25) is 0 Å². The molecule has 1 heterocycles. The molecule has 0 spiro atoms. The highest BCUT2D eigenvalue weighted by Gasteiger charge is 2.48.